The van der Waals surface area contributed by atoms with E-state index in [9.17, 15) is 18.3 Å². The molecule has 12 heteroatoms. The molecule has 0 spiro atoms. The van der Waals surface area contributed by atoms with Gasteiger partial charge in [0.25, 0.3) is 0 Å². The number of imidazole rings is 1. The third kappa shape index (κ3) is 5.06. The van der Waals surface area contributed by atoms with Gasteiger partial charge in [0, 0.05) is 43.6 Å². The molecule has 3 aromatic rings. The number of alkyl halides is 3. The highest BCUT2D eigenvalue weighted by Crippen LogP contribution is 2.47. The Morgan fingerprint density at radius 2 is 1.89 bits per heavy atom. The van der Waals surface area contributed by atoms with Crippen molar-refractivity contribution in [2.24, 2.45) is 0 Å². The number of aromatic nitrogens is 2. The molecule has 1 aromatic heterocycles. The highest BCUT2D eigenvalue weighted by atomic mass is 19.4. The van der Waals surface area contributed by atoms with Crippen molar-refractivity contribution < 1.29 is 37.2 Å². The molecule has 194 valence electrons. The number of rotatable bonds is 8. The molecule has 1 aliphatic heterocycles. The molecule has 0 bridgehead atoms. The Bertz CT molecular complexity index is 1160. The van der Waals surface area contributed by atoms with Gasteiger partial charge in [-0.2, -0.15) is 0 Å². The van der Waals surface area contributed by atoms with Gasteiger partial charge in [-0.15, -0.1) is 13.2 Å². The topological polar surface area (TPSA) is 115 Å². The third-order valence-electron chi connectivity index (χ3n) is 6.08. The molecule has 0 fully saturated rings. The van der Waals surface area contributed by atoms with Crippen LogP contribution in [0.3, 0.4) is 0 Å². The number of nitrogens with one attached hydrogen (secondary N) is 1. The first-order valence-corrected chi connectivity index (χ1v) is 11.0. The van der Waals surface area contributed by atoms with Crippen LogP contribution in [-0.2, 0) is 16.0 Å². The maximum atomic E-state index is 12.7. The number of aliphatic hydroxyl groups excluding tert-OH is 1. The fourth-order valence-corrected chi connectivity index (χ4v) is 4.50. The molecule has 36 heavy (non-hydrogen) atoms. The van der Waals surface area contributed by atoms with Crippen LogP contribution in [0.4, 0.5) is 24.5 Å². The molecule has 4 N–H and O–H groups in total. The van der Waals surface area contributed by atoms with Crippen LogP contribution >= 0.6 is 0 Å². The lowest BCUT2D eigenvalue weighted by Gasteiger charge is -2.50. The first-order chi connectivity index (χ1) is 17.1. The second-order valence-electron chi connectivity index (χ2n) is 8.48. The van der Waals surface area contributed by atoms with E-state index in [2.05, 4.69) is 14.7 Å². The van der Waals surface area contributed by atoms with Crippen LogP contribution in [0.5, 0.6) is 11.5 Å². The monoisotopic (exact) mass is 508 g/mol. The summed E-state index contributed by atoms with van der Waals surface area (Å²) in [5.74, 6) is 0.638. The number of aromatic amines is 1. The fraction of sp³-hybridized carbons (Fsp3) is 0.375. The predicted octanol–water partition coefficient (Wildman–Crippen LogP) is 3.77. The fourth-order valence-electron chi connectivity index (χ4n) is 4.50. The number of benzene rings is 2. The first-order valence-electron chi connectivity index (χ1n) is 11.0. The lowest BCUT2D eigenvalue weighted by Crippen LogP contribution is -2.62. The van der Waals surface area contributed by atoms with Gasteiger partial charge in [-0.05, 0) is 49.4 Å². The van der Waals surface area contributed by atoms with Gasteiger partial charge in [0.05, 0.1) is 12.6 Å². The molecule has 0 amide bonds. The van der Waals surface area contributed by atoms with Crippen molar-refractivity contribution in [1.29, 1.82) is 0 Å². The molecule has 0 saturated heterocycles. The SMILES string of the molecule is COC(OC)[C@@]1(C)Oc2ccc(N)cc2[C@H](N(Cc2ncc[nH]2)c2ccc(OC(F)(F)F)cc2)[C@H]1O. The van der Waals surface area contributed by atoms with E-state index in [1.165, 1.54) is 38.5 Å². The standard InChI is InChI=1S/C24H27F3N4O5/c1-23(22(33-2)34-3)21(32)20(17-12-14(28)4-9-18(17)36-23)31(13-19-29-10-11-30-19)15-5-7-16(8-6-15)35-24(25,26)27/h4-12,20-22,32H,13,28H2,1-3H3,(H,29,30)/t20-,21+,23-/m0/s1. The van der Waals surface area contributed by atoms with E-state index in [0.29, 0.717) is 28.5 Å². The Labute approximate surface area is 205 Å². The Balaban J connectivity index is 1.84. The minimum atomic E-state index is -4.82. The van der Waals surface area contributed by atoms with Gasteiger partial charge >= 0.3 is 6.36 Å². The molecule has 0 saturated carbocycles. The number of fused-ring (bicyclic) bond motifs is 1. The van der Waals surface area contributed by atoms with Gasteiger partial charge in [0.15, 0.2) is 11.9 Å². The summed E-state index contributed by atoms with van der Waals surface area (Å²) in [6, 6.07) is 9.62. The zero-order valence-electron chi connectivity index (χ0n) is 19.8. The summed E-state index contributed by atoms with van der Waals surface area (Å²) < 4.78 is 59.2. The lowest BCUT2D eigenvalue weighted by atomic mass is 9.83. The zero-order valence-corrected chi connectivity index (χ0v) is 19.8. The van der Waals surface area contributed by atoms with E-state index < -0.39 is 30.4 Å². The van der Waals surface area contributed by atoms with E-state index in [-0.39, 0.29) is 12.3 Å². The smallest absolute Gasteiger partial charge is 0.479 e. The van der Waals surface area contributed by atoms with Crippen molar-refractivity contribution in [2.45, 2.75) is 43.9 Å². The Kier molecular flexibility index (Phi) is 7.03. The lowest BCUT2D eigenvalue weighted by molar-refractivity contribution is -0.274. The van der Waals surface area contributed by atoms with Crippen molar-refractivity contribution in [1.82, 2.24) is 9.97 Å². The molecular weight excluding hydrogens is 481 g/mol. The maximum absolute atomic E-state index is 12.7. The molecule has 0 radical (unpaired) electrons. The minimum Gasteiger partial charge on any atom is -0.479 e. The quantitative estimate of drug-likeness (QED) is 0.311. The number of hydrogen-bond donors (Lipinski definition) is 3. The molecule has 2 heterocycles. The van der Waals surface area contributed by atoms with Crippen LogP contribution < -0.4 is 20.1 Å². The van der Waals surface area contributed by atoms with Crippen LogP contribution in [0.25, 0.3) is 0 Å². The summed E-state index contributed by atoms with van der Waals surface area (Å²) in [6.45, 7) is 1.83. The van der Waals surface area contributed by atoms with Crippen LogP contribution in [0.2, 0.25) is 0 Å². The number of halogens is 3. The van der Waals surface area contributed by atoms with Gasteiger partial charge in [0.2, 0.25) is 0 Å². The second kappa shape index (κ2) is 9.88. The van der Waals surface area contributed by atoms with Gasteiger partial charge in [-0.25, -0.2) is 4.98 Å². The van der Waals surface area contributed by atoms with Gasteiger partial charge in [-0.3, -0.25) is 0 Å². The van der Waals surface area contributed by atoms with Crippen molar-refractivity contribution in [3.8, 4) is 11.5 Å². The molecule has 0 aliphatic carbocycles. The third-order valence-corrected chi connectivity index (χ3v) is 6.08. The minimum absolute atomic E-state index is 0.170. The van der Waals surface area contributed by atoms with Crippen LogP contribution in [0.1, 0.15) is 24.4 Å². The van der Waals surface area contributed by atoms with Crippen molar-refractivity contribution in [2.75, 3.05) is 24.9 Å². The average molecular weight is 508 g/mol. The van der Waals surface area contributed by atoms with E-state index in [1.54, 1.807) is 42.4 Å². The summed E-state index contributed by atoms with van der Waals surface area (Å²) in [4.78, 5) is 9.10. The highest BCUT2D eigenvalue weighted by Gasteiger charge is 2.54. The van der Waals surface area contributed by atoms with Crippen molar-refractivity contribution in [3.05, 3.63) is 66.2 Å². The maximum Gasteiger partial charge on any atom is 0.573 e. The van der Waals surface area contributed by atoms with Gasteiger partial charge < -0.3 is 39.7 Å². The molecule has 3 atom stereocenters. The van der Waals surface area contributed by atoms with Crippen LogP contribution in [-0.4, -0.2) is 53.7 Å². The normalized spacial score (nSPS) is 21.7. The summed E-state index contributed by atoms with van der Waals surface area (Å²) in [7, 11) is 2.87. The van der Waals surface area contributed by atoms with E-state index >= 15 is 0 Å². The average Bonchev–Trinajstić information content (AvgIpc) is 3.33. The van der Waals surface area contributed by atoms with Gasteiger partial charge in [0.1, 0.15) is 23.4 Å². The number of hydrogen-bond acceptors (Lipinski definition) is 8. The first kappa shape index (κ1) is 25.6. The Hall–Kier alpha value is -3.48. The number of nitrogens with two attached hydrogens (primary N) is 1. The van der Waals surface area contributed by atoms with E-state index in [1.807, 2.05) is 0 Å². The van der Waals surface area contributed by atoms with Gasteiger partial charge in [-0.1, -0.05) is 0 Å². The van der Waals surface area contributed by atoms with E-state index in [4.69, 9.17) is 19.9 Å². The Morgan fingerprint density at radius 3 is 2.47 bits per heavy atom. The molecule has 0 unspecified atom stereocenters. The number of nitrogen functional groups attached to an aromatic ring is 1. The Morgan fingerprint density at radius 1 is 1.19 bits per heavy atom. The summed E-state index contributed by atoms with van der Waals surface area (Å²) >= 11 is 0. The zero-order chi connectivity index (χ0) is 26.1. The summed E-state index contributed by atoms with van der Waals surface area (Å²) in [5, 5.41) is 11.8. The number of H-pyrrole nitrogens is 1. The van der Waals surface area contributed by atoms with Crippen molar-refractivity contribution >= 4 is 11.4 Å². The number of ether oxygens (including phenoxy) is 4. The predicted molar refractivity (Wildman–Crippen MR) is 124 cm³/mol. The molecular formula is C24H27F3N4O5. The number of anilines is 2. The number of aliphatic hydroxyl groups is 1. The molecule has 4 rings (SSSR count). The second-order valence-corrected chi connectivity index (χ2v) is 8.48. The largest absolute Gasteiger partial charge is 0.573 e. The van der Waals surface area contributed by atoms with Crippen LogP contribution in [0.15, 0.2) is 54.9 Å². The summed E-state index contributed by atoms with van der Waals surface area (Å²) in [6.07, 6.45) is -3.78. The van der Waals surface area contributed by atoms with Crippen molar-refractivity contribution in [3.63, 3.8) is 0 Å². The summed E-state index contributed by atoms with van der Waals surface area (Å²) in [5.41, 5.74) is 6.23. The molecule has 9 nitrogen and oxygen atoms in total. The van der Waals surface area contributed by atoms with E-state index in [0.717, 1.165) is 0 Å². The number of methoxy groups -OCH3 is 2. The molecule has 2 aromatic carbocycles. The highest BCUT2D eigenvalue weighted by molar-refractivity contribution is 5.57. The number of nitrogens with zero attached hydrogens (tertiary/aromatic N) is 2. The van der Waals surface area contributed by atoms with Crippen LogP contribution in [0, 0.1) is 0 Å². The molecule has 1 aliphatic rings.